The third-order valence-corrected chi connectivity index (χ3v) is 2.36. The molecule has 0 saturated carbocycles. The Morgan fingerprint density at radius 2 is 2.29 bits per heavy atom. The molecule has 5 nitrogen and oxygen atoms in total. The van der Waals surface area contributed by atoms with Gasteiger partial charge in [0, 0.05) is 32.3 Å². The fraction of sp³-hybridized carbons (Fsp3) is 0.750. The van der Waals surface area contributed by atoms with Gasteiger partial charge >= 0.3 is 6.01 Å². The Labute approximate surface area is 88.0 Å². The summed E-state index contributed by atoms with van der Waals surface area (Å²) in [7, 11) is 1.94. The monoisotopic (exact) mass is 216 g/mol. The largest absolute Gasteiger partial charge is 0.408 e. The maximum atomic E-state index is 5.40. The molecule has 0 radical (unpaired) electrons. The summed E-state index contributed by atoms with van der Waals surface area (Å²) in [6.07, 6.45) is 2.71. The Bertz CT molecular complexity index is 266. The first-order valence-electron chi connectivity index (χ1n) is 4.50. The van der Waals surface area contributed by atoms with E-state index in [0.29, 0.717) is 24.9 Å². The zero-order valence-corrected chi connectivity index (χ0v) is 9.38. The van der Waals surface area contributed by atoms with E-state index in [2.05, 4.69) is 16.5 Å². The lowest BCUT2D eigenvalue weighted by atomic mass is 10.4. The molecule has 0 aromatic carbocycles. The van der Waals surface area contributed by atoms with Gasteiger partial charge in [-0.3, -0.25) is 0 Å². The van der Waals surface area contributed by atoms with Crippen LogP contribution in [0.3, 0.4) is 0 Å². The number of nitrogens with two attached hydrogens (primary N) is 1. The molecular weight excluding hydrogens is 200 g/mol. The molecule has 2 N–H and O–H groups in total. The van der Waals surface area contributed by atoms with Crippen LogP contribution in [0, 0.1) is 0 Å². The van der Waals surface area contributed by atoms with Crippen molar-refractivity contribution in [2.75, 3.05) is 37.0 Å². The molecule has 0 spiro atoms. The number of aromatic nitrogens is 2. The molecule has 80 valence electrons. The summed E-state index contributed by atoms with van der Waals surface area (Å²) in [5.41, 5.74) is 5.38. The topological polar surface area (TPSA) is 68.2 Å². The maximum Gasteiger partial charge on any atom is 0.317 e. The second-order valence-electron chi connectivity index (χ2n) is 2.93. The van der Waals surface area contributed by atoms with E-state index in [1.807, 2.05) is 11.9 Å². The minimum Gasteiger partial charge on any atom is -0.408 e. The highest BCUT2D eigenvalue weighted by Gasteiger charge is 2.09. The summed E-state index contributed by atoms with van der Waals surface area (Å²) in [5, 5.41) is 7.82. The van der Waals surface area contributed by atoms with Gasteiger partial charge in [0.2, 0.25) is 5.89 Å². The van der Waals surface area contributed by atoms with Crippen LogP contribution in [0.4, 0.5) is 6.01 Å². The Balaban J connectivity index is 2.48. The van der Waals surface area contributed by atoms with Gasteiger partial charge in [-0.05, 0) is 6.26 Å². The molecule has 1 rings (SSSR count). The zero-order valence-electron chi connectivity index (χ0n) is 8.56. The highest BCUT2D eigenvalue weighted by molar-refractivity contribution is 7.98. The van der Waals surface area contributed by atoms with Gasteiger partial charge in [0.15, 0.2) is 0 Å². The maximum absolute atomic E-state index is 5.40. The van der Waals surface area contributed by atoms with Crippen LogP contribution in [0.5, 0.6) is 0 Å². The first-order chi connectivity index (χ1) is 6.77. The number of anilines is 1. The van der Waals surface area contributed by atoms with E-state index in [-0.39, 0.29) is 0 Å². The van der Waals surface area contributed by atoms with E-state index in [1.54, 1.807) is 11.8 Å². The van der Waals surface area contributed by atoms with E-state index in [1.165, 1.54) is 0 Å². The molecule has 6 heteroatoms. The molecule has 0 unspecified atom stereocenters. The van der Waals surface area contributed by atoms with Gasteiger partial charge in [0.1, 0.15) is 0 Å². The fourth-order valence-corrected chi connectivity index (χ4v) is 1.40. The van der Waals surface area contributed by atoms with E-state index < -0.39 is 0 Å². The molecule has 0 saturated heterocycles. The quantitative estimate of drug-likeness (QED) is 0.741. The predicted octanol–water partition coefficient (Wildman–Crippen LogP) is 0.370. The molecule has 0 aliphatic heterocycles. The van der Waals surface area contributed by atoms with Gasteiger partial charge in [-0.25, -0.2) is 0 Å². The molecule has 1 aromatic rings. The molecule has 0 fully saturated rings. The van der Waals surface area contributed by atoms with Gasteiger partial charge in [-0.2, -0.15) is 11.8 Å². The first kappa shape index (κ1) is 11.3. The summed E-state index contributed by atoms with van der Waals surface area (Å²) in [4.78, 5) is 1.95. The van der Waals surface area contributed by atoms with E-state index >= 15 is 0 Å². The molecule has 0 bridgehead atoms. The van der Waals surface area contributed by atoms with E-state index in [0.717, 1.165) is 12.3 Å². The Kier molecular flexibility index (Phi) is 4.75. The van der Waals surface area contributed by atoms with Gasteiger partial charge in [0.05, 0.1) is 0 Å². The van der Waals surface area contributed by atoms with Crippen LogP contribution in [0.1, 0.15) is 5.89 Å². The van der Waals surface area contributed by atoms with Crippen LogP contribution in [-0.4, -0.2) is 42.3 Å². The molecule has 0 atom stereocenters. The predicted molar refractivity (Wildman–Crippen MR) is 58.7 cm³/mol. The molecular formula is C8H16N4OS. The lowest BCUT2D eigenvalue weighted by molar-refractivity contribution is 0.492. The lowest BCUT2D eigenvalue weighted by Gasteiger charge is -2.11. The van der Waals surface area contributed by atoms with E-state index in [4.69, 9.17) is 10.2 Å². The van der Waals surface area contributed by atoms with Crippen molar-refractivity contribution in [2.24, 2.45) is 5.73 Å². The van der Waals surface area contributed by atoms with Crippen LogP contribution in [0.2, 0.25) is 0 Å². The average Bonchev–Trinajstić information content (AvgIpc) is 2.63. The molecule has 0 aliphatic rings. The summed E-state index contributed by atoms with van der Waals surface area (Å²) in [6.45, 7) is 1.45. The molecule has 1 heterocycles. The molecule has 1 aromatic heterocycles. The Morgan fingerprint density at radius 3 is 2.93 bits per heavy atom. The Hall–Kier alpha value is -0.750. The van der Waals surface area contributed by atoms with Crippen molar-refractivity contribution >= 4 is 17.8 Å². The second-order valence-corrected chi connectivity index (χ2v) is 3.92. The van der Waals surface area contributed by atoms with Gasteiger partial charge in [-0.1, -0.05) is 5.10 Å². The standard InChI is InChI=1S/C8H16N4OS/c1-12(5-6-14-2)8-11-10-7(13-8)3-4-9/h3-6,9H2,1-2H3. The highest BCUT2D eigenvalue weighted by Crippen LogP contribution is 2.10. The third kappa shape index (κ3) is 3.19. The number of hydrogen-bond acceptors (Lipinski definition) is 6. The summed E-state index contributed by atoms with van der Waals surface area (Å²) in [6, 6.07) is 0.572. The van der Waals surface area contributed by atoms with Crippen LogP contribution in [-0.2, 0) is 6.42 Å². The van der Waals surface area contributed by atoms with Gasteiger partial charge < -0.3 is 15.1 Å². The summed E-state index contributed by atoms with van der Waals surface area (Å²) < 4.78 is 5.40. The minimum atomic E-state index is 0.538. The lowest BCUT2D eigenvalue weighted by Crippen LogP contribution is -2.20. The van der Waals surface area contributed by atoms with Crippen LogP contribution in [0.25, 0.3) is 0 Å². The third-order valence-electron chi connectivity index (χ3n) is 1.77. The second kappa shape index (κ2) is 5.87. The normalized spacial score (nSPS) is 10.5. The number of thioether (sulfide) groups is 1. The van der Waals surface area contributed by atoms with Gasteiger partial charge in [-0.15, -0.1) is 5.10 Å². The SMILES string of the molecule is CSCCN(C)c1nnc(CCN)o1. The van der Waals surface area contributed by atoms with Crippen LogP contribution >= 0.6 is 11.8 Å². The molecule has 14 heavy (non-hydrogen) atoms. The van der Waals surface area contributed by atoms with Crippen molar-refractivity contribution in [3.8, 4) is 0 Å². The van der Waals surface area contributed by atoms with Crippen molar-refractivity contribution in [3.63, 3.8) is 0 Å². The van der Waals surface area contributed by atoms with Crippen molar-refractivity contribution < 1.29 is 4.42 Å². The Morgan fingerprint density at radius 1 is 1.50 bits per heavy atom. The zero-order chi connectivity index (χ0) is 10.4. The van der Waals surface area contributed by atoms with Gasteiger partial charge in [0.25, 0.3) is 0 Å². The highest BCUT2D eigenvalue weighted by atomic mass is 32.2. The average molecular weight is 216 g/mol. The number of hydrogen-bond donors (Lipinski definition) is 1. The summed E-state index contributed by atoms with van der Waals surface area (Å²) >= 11 is 1.79. The smallest absolute Gasteiger partial charge is 0.317 e. The first-order valence-corrected chi connectivity index (χ1v) is 5.90. The summed E-state index contributed by atoms with van der Waals surface area (Å²) in [5.74, 6) is 1.66. The van der Waals surface area contributed by atoms with E-state index in [9.17, 15) is 0 Å². The van der Waals surface area contributed by atoms with Crippen LogP contribution < -0.4 is 10.6 Å². The fourth-order valence-electron chi connectivity index (χ4n) is 0.947. The van der Waals surface area contributed by atoms with Crippen molar-refractivity contribution in [1.82, 2.24) is 10.2 Å². The van der Waals surface area contributed by atoms with Crippen molar-refractivity contribution in [1.29, 1.82) is 0 Å². The molecule has 0 aliphatic carbocycles. The van der Waals surface area contributed by atoms with Crippen molar-refractivity contribution in [2.45, 2.75) is 6.42 Å². The van der Waals surface area contributed by atoms with Crippen LogP contribution in [0.15, 0.2) is 4.42 Å². The number of nitrogens with zero attached hydrogens (tertiary/aromatic N) is 3. The van der Waals surface area contributed by atoms with Crippen molar-refractivity contribution in [3.05, 3.63) is 5.89 Å². The minimum absolute atomic E-state index is 0.538. The number of rotatable bonds is 6. The molecule has 0 amide bonds.